The average molecular weight is 388 g/mol. The van der Waals surface area contributed by atoms with Crippen LogP contribution in [0.4, 0.5) is 0 Å². The van der Waals surface area contributed by atoms with Gasteiger partial charge in [-0.05, 0) is 31.0 Å². The molecule has 0 unspecified atom stereocenters. The van der Waals surface area contributed by atoms with Crippen LogP contribution in [0.1, 0.15) is 23.3 Å². The summed E-state index contributed by atoms with van der Waals surface area (Å²) in [6, 6.07) is 21.1. The number of aromatic nitrogens is 2. The third kappa shape index (κ3) is 4.06. The summed E-state index contributed by atoms with van der Waals surface area (Å²) in [7, 11) is 1.67. The first-order valence-electron chi connectivity index (χ1n) is 9.87. The second kappa shape index (κ2) is 8.31. The van der Waals surface area contributed by atoms with Crippen LogP contribution in [0.2, 0.25) is 0 Å². The molecule has 1 saturated heterocycles. The normalized spacial score (nSPS) is 13.5. The number of nitrogens with zero attached hydrogens (tertiary/aromatic N) is 4. The van der Waals surface area contributed by atoms with Crippen molar-refractivity contribution in [3.63, 3.8) is 0 Å². The first-order valence-corrected chi connectivity index (χ1v) is 9.87. The van der Waals surface area contributed by atoms with E-state index in [2.05, 4.69) is 5.10 Å². The van der Waals surface area contributed by atoms with Crippen molar-refractivity contribution in [1.82, 2.24) is 19.6 Å². The fraction of sp³-hybridized carbons (Fsp3) is 0.261. The van der Waals surface area contributed by atoms with Crippen LogP contribution in [0.15, 0.2) is 66.7 Å². The molecule has 1 aliphatic heterocycles. The number of carbonyl (C=O) groups is 2. The number of para-hydroxylation sites is 1. The smallest absolute Gasteiger partial charge is 0.272 e. The summed E-state index contributed by atoms with van der Waals surface area (Å²) < 4.78 is 1.65. The SMILES string of the molecule is CN(CC(=O)N1CCCC1)C(=O)c1cc(-c2ccccc2)nn1-c1ccccc1. The van der Waals surface area contributed by atoms with Crippen LogP contribution < -0.4 is 0 Å². The van der Waals surface area contributed by atoms with E-state index in [4.69, 9.17) is 0 Å². The zero-order valence-corrected chi connectivity index (χ0v) is 16.5. The monoisotopic (exact) mass is 388 g/mol. The minimum atomic E-state index is -0.226. The van der Waals surface area contributed by atoms with Crippen LogP contribution >= 0.6 is 0 Å². The van der Waals surface area contributed by atoms with Gasteiger partial charge in [-0.1, -0.05) is 48.5 Å². The highest BCUT2D eigenvalue weighted by atomic mass is 16.2. The standard InChI is InChI=1S/C23H24N4O2/c1-25(17-22(28)26-14-8-9-15-26)23(29)21-16-20(18-10-4-2-5-11-18)24-27(21)19-12-6-3-7-13-19/h2-7,10-13,16H,8-9,14-15,17H2,1H3. The van der Waals surface area contributed by atoms with E-state index in [1.807, 2.05) is 65.6 Å². The Bertz CT molecular complexity index is 992. The molecule has 0 bridgehead atoms. The van der Waals surface area contributed by atoms with E-state index in [1.54, 1.807) is 17.8 Å². The van der Waals surface area contributed by atoms with Crippen molar-refractivity contribution in [2.45, 2.75) is 12.8 Å². The third-order valence-corrected chi connectivity index (χ3v) is 5.18. The minimum Gasteiger partial charge on any atom is -0.341 e. The van der Waals surface area contributed by atoms with E-state index in [9.17, 15) is 9.59 Å². The molecule has 1 fully saturated rings. The average Bonchev–Trinajstić information content (AvgIpc) is 3.45. The summed E-state index contributed by atoms with van der Waals surface area (Å²) in [6.45, 7) is 1.63. The van der Waals surface area contributed by atoms with Crippen molar-refractivity contribution >= 4 is 11.8 Å². The van der Waals surface area contributed by atoms with E-state index >= 15 is 0 Å². The number of hydrogen-bond acceptors (Lipinski definition) is 3. The van der Waals surface area contributed by atoms with E-state index in [-0.39, 0.29) is 18.4 Å². The van der Waals surface area contributed by atoms with E-state index in [1.165, 1.54) is 4.90 Å². The summed E-state index contributed by atoms with van der Waals surface area (Å²) in [5.41, 5.74) is 2.90. The number of amides is 2. The molecule has 2 heterocycles. The molecule has 6 nitrogen and oxygen atoms in total. The molecule has 0 radical (unpaired) electrons. The molecule has 0 spiro atoms. The lowest BCUT2D eigenvalue weighted by Crippen LogP contribution is -2.40. The van der Waals surface area contributed by atoms with E-state index in [0.29, 0.717) is 5.69 Å². The van der Waals surface area contributed by atoms with Gasteiger partial charge in [0.05, 0.1) is 17.9 Å². The van der Waals surface area contributed by atoms with Gasteiger partial charge in [0.25, 0.3) is 5.91 Å². The molecule has 148 valence electrons. The summed E-state index contributed by atoms with van der Waals surface area (Å²) in [6.07, 6.45) is 2.06. The highest BCUT2D eigenvalue weighted by Gasteiger charge is 2.25. The van der Waals surface area contributed by atoms with Gasteiger partial charge >= 0.3 is 0 Å². The molecule has 2 aromatic carbocycles. The minimum absolute atomic E-state index is 0.00703. The molecular formula is C23H24N4O2. The van der Waals surface area contributed by atoms with Crippen LogP contribution in [-0.4, -0.2) is 58.1 Å². The summed E-state index contributed by atoms with van der Waals surface area (Å²) in [5.74, 6) is -0.233. The molecule has 6 heteroatoms. The lowest BCUT2D eigenvalue weighted by atomic mass is 10.1. The molecular weight excluding hydrogens is 364 g/mol. The Morgan fingerprint density at radius 2 is 1.59 bits per heavy atom. The molecule has 0 N–H and O–H groups in total. The van der Waals surface area contributed by atoms with Gasteiger partial charge in [0.15, 0.2) is 0 Å². The Morgan fingerprint density at radius 1 is 0.966 bits per heavy atom. The molecule has 1 aromatic heterocycles. The number of benzene rings is 2. The van der Waals surface area contributed by atoms with Gasteiger partial charge in [-0.3, -0.25) is 9.59 Å². The number of likely N-dealkylation sites (tertiary alicyclic amines) is 1. The van der Waals surface area contributed by atoms with Crippen LogP contribution in [0, 0.1) is 0 Å². The molecule has 4 rings (SSSR count). The van der Waals surface area contributed by atoms with Crippen LogP contribution in [-0.2, 0) is 4.79 Å². The number of likely N-dealkylation sites (N-methyl/N-ethyl adjacent to an activating group) is 1. The maximum Gasteiger partial charge on any atom is 0.272 e. The fourth-order valence-electron chi connectivity index (χ4n) is 3.59. The Labute approximate surface area is 170 Å². The van der Waals surface area contributed by atoms with Crippen molar-refractivity contribution in [2.75, 3.05) is 26.7 Å². The maximum absolute atomic E-state index is 13.2. The maximum atomic E-state index is 13.2. The van der Waals surface area contributed by atoms with Crippen LogP contribution in [0.3, 0.4) is 0 Å². The largest absolute Gasteiger partial charge is 0.341 e. The quantitative estimate of drug-likeness (QED) is 0.674. The second-order valence-corrected chi connectivity index (χ2v) is 7.28. The molecule has 29 heavy (non-hydrogen) atoms. The topological polar surface area (TPSA) is 58.4 Å². The highest BCUT2D eigenvalue weighted by Crippen LogP contribution is 2.22. The lowest BCUT2D eigenvalue weighted by molar-refractivity contribution is -0.130. The Kier molecular flexibility index (Phi) is 5.42. The van der Waals surface area contributed by atoms with Crippen molar-refractivity contribution in [2.24, 2.45) is 0 Å². The Hall–Kier alpha value is -3.41. The Balaban J connectivity index is 1.65. The van der Waals surface area contributed by atoms with Crippen molar-refractivity contribution < 1.29 is 9.59 Å². The molecule has 0 atom stereocenters. The van der Waals surface area contributed by atoms with E-state index < -0.39 is 0 Å². The summed E-state index contributed by atoms with van der Waals surface area (Å²) in [4.78, 5) is 29.0. The van der Waals surface area contributed by atoms with Crippen LogP contribution in [0.5, 0.6) is 0 Å². The summed E-state index contributed by atoms with van der Waals surface area (Å²) >= 11 is 0. The predicted molar refractivity (Wildman–Crippen MR) is 112 cm³/mol. The third-order valence-electron chi connectivity index (χ3n) is 5.18. The zero-order chi connectivity index (χ0) is 20.2. The number of hydrogen-bond donors (Lipinski definition) is 0. The zero-order valence-electron chi connectivity index (χ0n) is 16.5. The molecule has 2 amide bonds. The van der Waals surface area contributed by atoms with Gasteiger partial charge < -0.3 is 9.80 Å². The molecule has 1 aliphatic rings. The first-order chi connectivity index (χ1) is 14.1. The lowest BCUT2D eigenvalue weighted by Gasteiger charge is -2.21. The Morgan fingerprint density at radius 3 is 2.24 bits per heavy atom. The predicted octanol–water partition coefficient (Wildman–Crippen LogP) is 3.23. The van der Waals surface area contributed by atoms with Gasteiger partial charge in [-0.15, -0.1) is 0 Å². The van der Waals surface area contributed by atoms with Gasteiger partial charge in [-0.2, -0.15) is 5.10 Å². The number of carbonyl (C=O) groups excluding carboxylic acids is 2. The van der Waals surface area contributed by atoms with Gasteiger partial charge in [0.2, 0.25) is 5.91 Å². The van der Waals surface area contributed by atoms with Crippen molar-refractivity contribution in [3.8, 4) is 16.9 Å². The highest BCUT2D eigenvalue weighted by molar-refractivity contribution is 5.96. The molecule has 0 saturated carbocycles. The second-order valence-electron chi connectivity index (χ2n) is 7.28. The van der Waals surface area contributed by atoms with Crippen molar-refractivity contribution in [3.05, 3.63) is 72.4 Å². The van der Waals surface area contributed by atoms with E-state index in [0.717, 1.165) is 42.9 Å². The van der Waals surface area contributed by atoms with Crippen LogP contribution in [0.25, 0.3) is 16.9 Å². The van der Waals surface area contributed by atoms with Gasteiger partial charge in [0, 0.05) is 25.7 Å². The first kappa shape index (κ1) is 18.9. The van der Waals surface area contributed by atoms with Gasteiger partial charge in [0.1, 0.15) is 5.69 Å². The number of rotatable bonds is 5. The summed E-state index contributed by atoms with van der Waals surface area (Å²) in [5, 5.41) is 4.68. The van der Waals surface area contributed by atoms with Crippen molar-refractivity contribution in [1.29, 1.82) is 0 Å². The van der Waals surface area contributed by atoms with Gasteiger partial charge in [-0.25, -0.2) is 4.68 Å². The molecule has 0 aliphatic carbocycles. The fourth-order valence-corrected chi connectivity index (χ4v) is 3.59. The molecule has 3 aromatic rings.